The summed E-state index contributed by atoms with van der Waals surface area (Å²) in [7, 11) is 1.87. The number of aromatic nitrogens is 3. The Morgan fingerprint density at radius 2 is 2.22 bits per heavy atom. The van der Waals surface area contributed by atoms with Crippen LogP contribution in [0.1, 0.15) is 5.56 Å². The van der Waals surface area contributed by atoms with Crippen molar-refractivity contribution in [1.82, 2.24) is 19.7 Å². The number of nitrogens with one attached hydrogen (secondary N) is 1. The second-order valence-corrected chi connectivity index (χ2v) is 6.84. The third-order valence-electron chi connectivity index (χ3n) is 3.31. The van der Waals surface area contributed by atoms with Crippen LogP contribution in [0.5, 0.6) is 0 Å². The Morgan fingerprint density at radius 3 is 2.91 bits per heavy atom. The SMILES string of the molecule is CN(Cc1c(F)cccc1Cl)Cn1[nH]c(-c2cccs2)nc1=S. The molecule has 3 rings (SSSR count). The van der Waals surface area contributed by atoms with E-state index < -0.39 is 0 Å². The smallest absolute Gasteiger partial charge is 0.217 e. The molecule has 3 aromatic rings. The first-order chi connectivity index (χ1) is 11.0. The van der Waals surface area contributed by atoms with Crippen LogP contribution in [0.3, 0.4) is 0 Å². The van der Waals surface area contributed by atoms with Crippen molar-refractivity contribution in [2.45, 2.75) is 13.2 Å². The highest BCUT2D eigenvalue weighted by Crippen LogP contribution is 2.22. The molecule has 0 aliphatic carbocycles. The highest BCUT2D eigenvalue weighted by molar-refractivity contribution is 7.71. The maximum atomic E-state index is 13.9. The molecule has 4 nitrogen and oxygen atoms in total. The van der Waals surface area contributed by atoms with Crippen LogP contribution in [0.25, 0.3) is 10.7 Å². The Labute approximate surface area is 147 Å². The number of H-pyrrole nitrogens is 1. The van der Waals surface area contributed by atoms with Gasteiger partial charge in [-0.15, -0.1) is 11.3 Å². The molecule has 120 valence electrons. The van der Waals surface area contributed by atoms with E-state index in [-0.39, 0.29) is 5.82 Å². The van der Waals surface area contributed by atoms with Gasteiger partial charge >= 0.3 is 0 Å². The number of rotatable bonds is 5. The van der Waals surface area contributed by atoms with Gasteiger partial charge in [-0.1, -0.05) is 23.7 Å². The van der Waals surface area contributed by atoms with Gasteiger partial charge in [0.25, 0.3) is 0 Å². The third kappa shape index (κ3) is 3.69. The standard InChI is InChI=1S/C15H14ClFN4S2/c1-20(8-10-11(16)4-2-5-12(10)17)9-21-15(22)18-14(19-21)13-6-3-7-23-13/h2-7H,8-9H2,1H3,(H,18,19,22). The van der Waals surface area contributed by atoms with Crippen LogP contribution in [0.15, 0.2) is 35.7 Å². The minimum absolute atomic E-state index is 0.308. The first kappa shape index (κ1) is 16.3. The lowest BCUT2D eigenvalue weighted by Gasteiger charge is -2.18. The van der Waals surface area contributed by atoms with Crippen LogP contribution in [-0.4, -0.2) is 26.7 Å². The summed E-state index contributed by atoms with van der Waals surface area (Å²) in [6, 6.07) is 8.63. The van der Waals surface area contributed by atoms with Crippen molar-refractivity contribution >= 4 is 35.2 Å². The molecule has 0 saturated heterocycles. The van der Waals surface area contributed by atoms with Crippen molar-refractivity contribution in [1.29, 1.82) is 0 Å². The van der Waals surface area contributed by atoms with Gasteiger partial charge in [0.1, 0.15) is 5.82 Å². The maximum Gasteiger partial charge on any atom is 0.217 e. The number of thiophene rings is 1. The van der Waals surface area contributed by atoms with Crippen molar-refractivity contribution in [3.05, 3.63) is 56.9 Å². The van der Waals surface area contributed by atoms with Gasteiger partial charge in [0, 0.05) is 17.1 Å². The molecule has 0 amide bonds. The summed E-state index contributed by atoms with van der Waals surface area (Å²) < 4.78 is 16.1. The molecule has 0 bridgehead atoms. The van der Waals surface area contributed by atoms with E-state index >= 15 is 0 Å². The minimum Gasteiger partial charge on any atom is -0.283 e. The number of hydrogen-bond donors (Lipinski definition) is 1. The van der Waals surface area contributed by atoms with Gasteiger partial charge in [0.05, 0.1) is 11.5 Å². The maximum absolute atomic E-state index is 13.9. The van der Waals surface area contributed by atoms with Crippen LogP contribution >= 0.6 is 35.2 Å². The highest BCUT2D eigenvalue weighted by atomic mass is 35.5. The molecule has 0 fully saturated rings. The Morgan fingerprint density at radius 1 is 1.39 bits per heavy atom. The van der Waals surface area contributed by atoms with Crippen molar-refractivity contribution in [2.24, 2.45) is 0 Å². The lowest BCUT2D eigenvalue weighted by Crippen LogP contribution is -2.23. The Kier molecular flexibility index (Phi) is 4.91. The van der Waals surface area contributed by atoms with Gasteiger partial charge in [-0.25, -0.2) is 9.07 Å². The quantitative estimate of drug-likeness (QED) is 0.671. The molecule has 0 saturated carbocycles. The molecule has 23 heavy (non-hydrogen) atoms. The fraction of sp³-hybridized carbons (Fsp3) is 0.200. The summed E-state index contributed by atoms with van der Waals surface area (Å²) in [5.41, 5.74) is 0.473. The predicted molar refractivity (Wildman–Crippen MR) is 93.6 cm³/mol. The highest BCUT2D eigenvalue weighted by Gasteiger charge is 2.12. The van der Waals surface area contributed by atoms with E-state index in [4.69, 9.17) is 23.8 Å². The second kappa shape index (κ2) is 6.92. The van der Waals surface area contributed by atoms with Gasteiger partial charge in [0.2, 0.25) is 4.77 Å². The topological polar surface area (TPSA) is 36.9 Å². The van der Waals surface area contributed by atoms with Crippen LogP contribution in [0.2, 0.25) is 5.02 Å². The normalized spacial score (nSPS) is 11.3. The average Bonchev–Trinajstić information content (AvgIpc) is 3.14. The zero-order valence-electron chi connectivity index (χ0n) is 12.3. The molecule has 0 spiro atoms. The Bertz CT molecular complexity index is 836. The van der Waals surface area contributed by atoms with Crippen LogP contribution in [0, 0.1) is 10.6 Å². The zero-order chi connectivity index (χ0) is 16.4. The predicted octanol–water partition coefficient (Wildman–Crippen LogP) is 4.55. The molecule has 0 atom stereocenters. The molecular weight excluding hydrogens is 355 g/mol. The van der Waals surface area contributed by atoms with Crippen molar-refractivity contribution in [3.63, 3.8) is 0 Å². The fourth-order valence-corrected chi connectivity index (χ4v) is 3.30. The van der Waals surface area contributed by atoms with Crippen LogP contribution in [-0.2, 0) is 13.2 Å². The minimum atomic E-state index is -0.308. The number of aromatic amines is 1. The lowest BCUT2D eigenvalue weighted by molar-refractivity contribution is 0.241. The van der Waals surface area contributed by atoms with E-state index in [1.54, 1.807) is 28.2 Å². The van der Waals surface area contributed by atoms with Crippen LogP contribution < -0.4 is 0 Å². The molecule has 2 aromatic heterocycles. The van der Waals surface area contributed by atoms with E-state index in [0.717, 1.165) is 10.7 Å². The Hall–Kier alpha value is -1.54. The van der Waals surface area contributed by atoms with E-state index in [2.05, 4.69) is 10.1 Å². The van der Waals surface area contributed by atoms with E-state index in [1.165, 1.54) is 6.07 Å². The summed E-state index contributed by atoms with van der Waals surface area (Å²) in [6.45, 7) is 0.836. The molecule has 0 aliphatic heterocycles. The van der Waals surface area contributed by atoms with Gasteiger partial charge in [0.15, 0.2) is 5.82 Å². The number of hydrogen-bond acceptors (Lipinski definition) is 4. The molecular formula is C15H14ClFN4S2. The zero-order valence-corrected chi connectivity index (χ0v) is 14.7. The van der Waals surface area contributed by atoms with E-state index in [1.807, 2.05) is 29.5 Å². The monoisotopic (exact) mass is 368 g/mol. The summed E-state index contributed by atoms with van der Waals surface area (Å²) >= 11 is 12.9. The largest absolute Gasteiger partial charge is 0.283 e. The molecule has 0 aliphatic rings. The van der Waals surface area contributed by atoms with Crippen LogP contribution in [0.4, 0.5) is 4.39 Å². The molecule has 0 radical (unpaired) electrons. The number of halogens is 2. The summed E-state index contributed by atoms with van der Waals surface area (Å²) in [5, 5.41) is 5.58. The molecule has 1 N–H and O–H groups in total. The molecule has 0 unspecified atom stereocenters. The lowest BCUT2D eigenvalue weighted by atomic mass is 10.2. The fourth-order valence-electron chi connectivity index (χ4n) is 2.22. The molecule has 8 heteroatoms. The van der Waals surface area contributed by atoms with Crippen molar-refractivity contribution in [2.75, 3.05) is 7.05 Å². The second-order valence-electron chi connectivity index (χ2n) is 5.12. The number of benzene rings is 1. The summed E-state index contributed by atoms with van der Waals surface area (Å²) in [5.74, 6) is 0.430. The van der Waals surface area contributed by atoms with Gasteiger partial charge in [-0.2, -0.15) is 4.98 Å². The molecule has 1 aromatic carbocycles. The average molecular weight is 369 g/mol. The third-order valence-corrected chi connectivity index (χ3v) is 4.85. The van der Waals surface area contributed by atoms with Gasteiger partial charge < -0.3 is 0 Å². The summed E-state index contributed by atoms with van der Waals surface area (Å²) in [4.78, 5) is 7.29. The Balaban J connectivity index is 1.76. The molecule has 2 heterocycles. The van der Waals surface area contributed by atoms with Gasteiger partial charge in [-0.05, 0) is 42.8 Å². The van der Waals surface area contributed by atoms with Gasteiger partial charge in [-0.3, -0.25) is 10.00 Å². The van der Waals surface area contributed by atoms with Crippen molar-refractivity contribution in [3.8, 4) is 10.7 Å². The number of nitrogens with zero attached hydrogens (tertiary/aromatic N) is 3. The van der Waals surface area contributed by atoms with E-state index in [9.17, 15) is 4.39 Å². The first-order valence-corrected chi connectivity index (χ1v) is 8.53. The first-order valence-electron chi connectivity index (χ1n) is 6.87. The van der Waals surface area contributed by atoms with E-state index in [0.29, 0.717) is 28.6 Å². The summed E-state index contributed by atoms with van der Waals surface area (Å²) in [6.07, 6.45) is 0. The van der Waals surface area contributed by atoms with Crippen molar-refractivity contribution < 1.29 is 4.39 Å².